The van der Waals surface area contributed by atoms with Gasteiger partial charge in [-0.15, -0.1) is 22.7 Å². The fourth-order valence-corrected chi connectivity index (χ4v) is 11.2. The van der Waals surface area contributed by atoms with E-state index in [0.29, 0.717) is 0 Å². The molecule has 2 nitrogen and oxygen atoms in total. The Hall–Kier alpha value is -7.24. The van der Waals surface area contributed by atoms with Gasteiger partial charge in [0.1, 0.15) is 0 Å². The number of nitrogens with zero attached hydrogens (tertiary/aromatic N) is 2. The lowest BCUT2D eigenvalue weighted by molar-refractivity contribution is 1.18. The highest BCUT2D eigenvalue weighted by Crippen LogP contribution is 2.43. The Morgan fingerprint density at radius 1 is 0.250 bits per heavy atom. The summed E-state index contributed by atoms with van der Waals surface area (Å²) < 4.78 is 4.83. The standard InChI is InChI=1S/C56H36N2S2/c1-3-13-41(14-4-1)57-49-23-9-7-17-45(49)47-21-11-19-43(55(47)57)37-25-29-39(30-26-37)51-33-35-53(59-51)54-36-34-52(60-54)40-31-27-38(28-32-40)44-20-12-22-48-46-18-8-10-24-50(46)58(56(44)48)42-15-5-2-6-16-42/h1-36H. The van der Waals surface area contributed by atoms with Gasteiger partial charge in [0.15, 0.2) is 0 Å². The predicted octanol–water partition coefficient (Wildman–Crippen LogP) is 16.3. The molecule has 0 aliphatic rings. The van der Waals surface area contributed by atoms with Crippen LogP contribution in [0.5, 0.6) is 0 Å². The van der Waals surface area contributed by atoms with Gasteiger partial charge in [0.2, 0.25) is 0 Å². The highest BCUT2D eigenvalue weighted by Gasteiger charge is 2.18. The van der Waals surface area contributed by atoms with Gasteiger partial charge >= 0.3 is 0 Å². The Balaban J connectivity index is 0.836. The number of hydrogen-bond acceptors (Lipinski definition) is 2. The normalized spacial score (nSPS) is 11.7. The van der Waals surface area contributed by atoms with E-state index in [-0.39, 0.29) is 0 Å². The third-order valence-corrected chi connectivity index (χ3v) is 14.3. The van der Waals surface area contributed by atoms with Crippen molar-refractivity contribution in [1.29, 1.82) is 0 Å². The van der Waals surface area contributed by atoms with E-state index in [1.54, 1.807) is 0 Å². The second-order valence-corrected chi connectivity index (χ2v) is 17.4. The molecular formula is C56H36N2S2. The summed E-state index contributed by atoms with van der Waals surface area (Å²) in [6.45, 7) is 0. The molecule has 4 heterocycles. The molecule has 0 aliphatic carbocycles. The number of aromatic nitrogens is 2. The van der Waals surface area contributed by atoms with E-state index >= 15 is 0 Å². The molecule has 12 aromatic rings. The van der Waals surface area contributed by atoms with Gasteiger partial charge in [-0.1, -0.05) is 158 Å². The molecular weight excluding hydrogens is 765 g/mol. The summed E-state index contributed by atoms with van der Waals surface area (Å²) in [5.41, 5.74) is 14.6. The predicted molar refractivity (Wildman–Crippen MR) is 258 cm³/mol. The Morgan fingerprint density at radius 3 is 1.03 bits per heavy atom. The van der Waals surface area contributed by atoms with Gasteiger partial charge in [-0.3, -0.25) is 0 Å². The van der Waals surface area contributed by atoms with E-state index in [9.17, 15) is 0 Å². The summed E-state index contributed by atoms with van der Waals surface area (Å²) in [4.78, 5) is 5.13. The van der Waals surface area contributed by atoms with Crippen molar-refractivity contribution in [1.82, 2.24) is 9.13 Å². The Bertz CT molecular complexity index is 3270. The Labute approximate surface area is 356 Å². The van der Waals surface area contributed by atoms with Crippen LogP contribution in [0.2, 0.25) is 0 Å². The second kappa shape index (κ2) is 14.2. The Morgan fingerprint density at radius 2 is 0.600 bits per heavy atom. The third kappa shape index (κ3) is 5.68. The number of benzene rings is 8. The van der Waals surface area contributed by atoms with Crippen LogP contribution in [0.3, 0.4) is 0 Å². The van der Waals surface area contributed by atoms with E-state index in [0.717, 1.165) is 0 Å². The zero-order valence-electron chi connectivity index (χ0n) is 32.5. The molecule has 0 amide bonds. The number of thiophene rings is 2. The topological polar surface area (TPSA) is 9.86 Å². The van der Waals surface area contributed by atoms with Crippen LogP contribution in [-0.4, -0.2) is 9.13 Å². The summed E-state index contributed by atoms with van der Waals surface area (Å²) in [5, 5.41) is 5.08. The zero-order valence-corrected chi connectivity index (χ0v) is 34.1. The first-order valence-corrected chi connectivity index (χ1v) is 22.0. The molecule has 0 aliphatic heterocycles. The van der Waals surface area contributed by atoms with E-state index in [2.05, 4.69) is 228 Å². The molecule has 282 valence electrons. The second-order valence-electron chi connectivity index (χ2n) is 15.3. The lowest BCUT2D eigenvalue weighted by atomic mass is 10.0. The molecule has 4 heteroatoms. The summed E-state index contributed by atoms with van der Waals surface area (Å²) in [7, 11) is 0. The van der Waals surface area contributed by atoms with Crippen molar-refractivity contribution < 1.29 is 0 Å². The minimum atomic E-state index is 1.17. The van der Waals surface area contributed by atoms with Crippen LogP contribution in [0.15, 0.2) is 218 Å². The monoisotopic (exact) mass is 800 g/mol. The van der Waals surface area contributed by atoms with Crippen molar-refractivity contribution >= 4 is 66.3 Å². The molecule has 0 saturated carbocycles. The maximum atomic E-state index is 2.41. The van der Waals surface area contributed by atoms with Crippen LogP contribution in [0.25, 0.3) is 108 Å². The molecule has 0 spiro atoms. The first kappa shape index (κ1) is 34.8. The summed E-state index contributed by atoms with van der Waals surface area (Å²) in [5.74, 6) is 0. The number of rotatable bonds is 7. The summed E-state index contributed by atoms with van der Waals surface area (Å²) in [6.07, 6.45) is 0. The maximum absolute atomic E-state index is 2.41. The van der Waals surface area contributed by atoms with Crippen LogP contribution in [0.1, 0.15) is 0 Å². The molecule has 0 saturated heterocycles. The molecule has 0 unspecified atom stereocenters. The molecule has 12 rings (SSSR count). The summed E-state index contributed by atoms with van der Waals surface area (Å²) in [6, 6.07) is 79.6. The van der Waals surface area contributed by atoms with Gasteiger partial charge in [-0.25, -0.2) is 0 Å². The van der Waals surface area contributed by atoms with Crippen LogP contribution >= 0.6 is 22.7 Å². The number of fused-ring (bicyclic) bond motifs is 6. The first-order chi connectivity index (χ1) is 29.8. The maximum Gasteiger partial charge on any atom is 0.0619 e. The van der Waals surface area contributed by atoms with Crippen LogP contribution < -0.4 is 0 Å². The van der Waals surface area contributed by atoms with Crippen LogP contribution in [-0.2, 0) is 0 Å². The van der Waals surface area contributed by atoms with Gasteiger partial charge < -0.3 is 9.13 Å². The molecule has 0 bridgehead atoms. The minimum Gasteiger partial charge on any atom is -0.309 e. The van der Waals surface area contributed by atoms with Crippen LogP contribution in [0, 0.1) is 0 Å². The molecule has 0 radical (unpaired) electrons. The molecule has 0 fully saturated rings. The Kier molecular flexibility index (Phi) is 8.25. The number of para-hydroxylation sites is 6. The highest BCUT2D eigenvalue weighted by molar-refractivity contribution is 7.25. The van der Waals surface area contributed by atoms with E-state index in [1.165, 1.54) is 108 Å². The zero-order chi connectivity index (χ0) is 39.6. The molecule has 60 heavy (non-hydrogen) atoms. The van der Waals surface area contributed by atoms with Crippen molar-refractivity contribution in [2.24, 2.45) is 0 Å². The molecule has 8 aromatic carbocycles. The van der Waals surface area contributed by atoms with Crippen molar-refractivity contribution in [2.75, 3.05) is 0 Å². The van der Waals surface area contributed by atoms with Crippen molar-refractivity contribution in [3.8, 4) is 64.3 Å². The fourth-order valence-electron chi connectivity index (χ4n) is 9.07. The quantitative estimate of drug-likeness (QED) is 0.152. The van der Waals surface area contributed by atoms with Gasteiger partial charge in [0.25, 0.3) is 0 Å². The van der Waals surface area contributed by atoms with E-state index < -0.39 is 0 Å². The fraction of sp³-hybridized carbons (Fsp3) is 0. The van der Waals surface area contributed by atoms with Crippen LogP contribution in [0.4, 0.5) is 0 Å². The number of hydrogen-bond donors (Lipinski definition) is 0. The van der Waals surface area contributed by atoms with Gasteiger partial charge in [0.05, 0.1) is 22.1 Å². The first-order valence-electron chi connectivity index (χ1n) is 20.3. The third-order valence-electron chi connectivity index (χ3n) is 11.8. The average molecular weight is 801 g/mol. The molecule has 0 atom stereocenters. The molecule has 0 N–H and O–H groups in total. The smallest absolute Gasteiger partial charge is 0.0619 e. The minimum absolute atomic E-state index is 1.17. The molecule has 4 aromatic heterocycles. The highest BCUT2D eigenvalue weighted by atomic mass is 32.1. The summed E-state index contributed by atoms with van der Waals surface area (Å²) >= 11 is 3.72. The van der Waals surface area contributed by atoms with Crippen molar-refractivity contribution in [2.45, 2.75) is 0 Å². The van der Waals surface area contributed by atoms with Crippen molar-refractivity contribution in [3.63, 3.8) is 0 Å². The largest absolute Gasteiger partial charge is 0.309 e. The van der Waals surface area contributed by atoms with E-state index in [4.69, 9.17) is 0 Å². The SMILES string of the molecule is c1ccc(-n2c3ccccc3c3cccc(-c4ccc(-c5ccc(-c6ccc(-c7ccc(-c8cccc9c%10ccccc%10n(-c%10ccccc%10)c89)cc7)s6)s5)cc4)c32)cc1. The van der Waals surface area contributed by atoms with Gasteiger partial charge in [0, 0.05) is 63.6 Å². The van der Waals surface area contributed by atoms with Crippen molar-refractivity contribution in [3.05, 3.63) is 218 Å². The van der Waals surface area contributed by atoms with Gasteiger partial charge in [-0.2, -0.15) is 0 Å². The van der Waals surface area contributed by atoms with E-state index in [1.807, 2.05) is 22.7 Å². The lowest BCUT2D eigenvalue weighted by Crippen LogP contribution is -1.95. The lowest BCUT2D eigenvalue weighted by Gasteiger charge is -2.12. The van der Waals surface area contributed by atoms with Gasteiger partial charge in [-0.05, 0) is 82.9 Å². The average Bonchev–Trinajstić information content (AvgIpc) is 4.14.